The summed E-state index contributed by atoms with van der Waals surface area (Å²) in [6.45, 7) is 5.53. The molecule has 0 amide bonds. The van der Waals surface area contributed by atoms with Crippen LogP contribution < -0.4 is 4.72 Å². The summed E-state index contributed by atoms with van der Waals surface area (Å²) in [5, 5.41) is 9.86. The number of aryl methyl sites for hydroxylation is 1. The number of aliphatic hydroxyl groups excluding tert-OH is 1. The lowest BCUT2D eigenvalue weighted by Gasteiger charge is -2.49. The number of hydrogen-bond donors (Lipinski definition) is 2. The summed E-state index contributed by atoms with van der Waals surface area (Å²) in [5.74, 6) is 0. The molecule has 2 unspecified atom stereocenters. The van der Waals surface area contributed by atoms with Gasteiger partial charge in [-0.3, -0.25) is 0 Å². The Morgan fingerprint density at radius 1 is 1.42 bits per heavy atom. The van der Waals surface area contributed by atoms with Crippen LogP contribution in [0.15, 0.2) is 23.1 Å². The van der Waals surface area contributed by atoms with Crippen LogP contribution >= 0.6 is 11.6 Å². The average Bonchev–Trinajstić information content (AvgIpc) is 2.27. The number of hydrogen-bond acceptors (Lipinski definition) is 3. The number of benzene rings is 1. The van der Waals surface area contributed by atoms with Gasteiger partial charge in [-0.15, -0.1) is 0 Å². The van der Waals surface area contributed by atoms with E-state index in [0.29, 0.717) is 6.42 Å². The third-order valence-corrected chi connectivity index (χ3v) is 5.84. The van der Waals surface area contributed by atoms with Gasteiger partial charge in [0.05, 0.1) is 11.1 Å². The highest BCUT2D eigenvalue weighted by Crippen LogP contribution is 2.41. The van der Waals surface area contributed by atoms with Crippen LogP contribution in [0.2, 0.25) is 5.02 Å². The Morgan fingerprint density at radius 3 is 2.53 bits per heavy atom. The largest absolute Gasteiger partial charge is 0.392 e. The van der Waals surface area contributed by atoms with Gasteiger partial charge in [0.1, 0.15) is 4.90 Å². The first kappa shape index (κ1) is 14.8. The van der Waals surface area contributed by atoms with Gasteiger partial charge in [0, 0.05) is 11.5 Å². The van der Waals surface area contributed by atoms with E-state index in [9.17, 15) is 13.5 Å². The highest BCUT2D eigenvalue weighted by Gasteiger charge is 2.49. The zero-order valence-electron chi connectivity index (χ0n) is 11.1. The predicted molar refractivity (Wildman–Crippen MR) is 74.7 cm³/mol. The molecule has 0 spiro atoms. The number of aliphatic hydroxyl groups is 1. The summed E-state index contributed by atoms with van der Waals surface area (Å²) in [6, 6.07) is 4.56. The van der Waals surface area contributed by atoms with E-state index < -0.39 is 21.5 Å². The second-order valence-electron chi connectivity index (χ2n) is 5.68. The summed E-state index contributed by atoms with van der Waals surface area (Å²) in [6.07, 6.45) is -0.0518. The van der Waals surface area contributed by atoms with Gasteiger partial charge in [0.15, 0.2) is 0 Å². The third kappa shape index (κ3) is 2.65. The molecule has 1 saturated carbocycles. The minimum absolute atomic E-state index is 0.0805. The quantitative estimate of drug-likeness (QED) is 0.898. The minimum atomic E-state index is -3.66. The fourth-order valence-corrected chi connectivity index (χ4v) is 4.18. The van der Waals surface area contributed by atoms with E-state index >= 15 is 0 Å². The molecule has 106 valence electrons. The topological polar surface area (TPSA) is 66.4 Å². The average molecular weight is 304 g/mol. The lowest BCUT2D eigenvalue weighted by molar-refractivity contribution is -0.0645. The molecule has 19 heavy (non-hydrogen) atoms. The molecule has 0 bridgehead atoms. The predicted octanol–water partition coefficient (Wildman–Crippen LogP) is 2.09. The lowest BCUT2D eigenvalue weighted by atomic mass is 9.65. The summed E-state index contributed by atoms with van der Waals surface area (Å²) < 4.78 is 27.2. The van der Waals surface area contributed by atoms with Crippen molar-refractivity contribution in [1.29, 1.82) is 0 Å². The molecule has 0 aromatic heterocycles. The summed E-state index contributed by atoms with van der Waals surface area (Å²) in [4.78, 5) is 0.0805. The zero-order valence-corrected chi connectivity index (χ0v) is 12.7. The Labute approximate surface area is 118 Å². The van der Waals surface area contributed by atoms with Crippen LogP contribution in [0.25, 0.3) is 0 Å². The van der Waals surface area contributed by atoms with Gasteiger partial charge in [0.25, 0.3) is 0 Å². The Balaban J connectivity index is 2.25. The molecule has 1 fully saturated rings. The Bertz CT molecular complexity index is 598. The van der Waals surface area contributed by atoms with Crippen molar-refractivity contribution in [3.63, 3.8) is 0 Å². The van der Waals surface area contributed by atoms with E-state index in [0.717, 1.165) is 5.56 Å². The maximum Gasteiger partial charge on any atom is 0.242 e. The van der Waals surface area contributed by atoms with Crippen LogP contribution in [0, 0.1) is 12.3 Å². The van der Waals surface area contributed by atoms with E-state index in [1.54, 1.807) is 12.1 Å². The number of sulfonamides is 1. The molecule has 2 rings (SSSR count). The Kier molecular flexibility index (Phi) is 3.68. The molecule has 2 N–H and O–H groups in total. The fraction of sp³-hybridized carbons (Fsp3) is 0.538. The van der Waals surface area contributed by atoms with Crippen molar-refractivity contribution in [1.82, 2.24) is 4.72 Å². The molecule has 2 atom stereocenters. The molecule has 0 saturated heterocycles. The first-order valence-corrected chi connectivity index (χ1v) is 7.97. The monoisotopic (exact) mass is 303 g/mol. The van der Waals surface area contributed by atoms with E-state index in [1.807, 2.05) is 20.8 Å². The van der Waals surface area contributed by atoms with Crippen LogP contribution in [-0.4, -0.2) is 25.7 Å². The molecular formula is C13H18ClNO3S. The molecule has 6 heteroatoms. The molecule has 1 aliphatic rings. The van der Waals surface area contributed by atoms with E-state index in [1.165, 1.54) is 6.07 Å². The second kappa shape index (κ2) is 4.74. The maximum atomic E-state index is 12.3. The molecule has 0 heterocycles. The van der Waals surface area contributed by atoms with Crippen LogP contribution in [0.4, 0.5) is 0 Å². The SMILES string of the molecule is Cc1ccc(S(=O)(=O)NC2CC(O)C2(C)C)c(Cl)c1. The Morgan fingerprint density at radius 2 is 2.05 bits per heavy atom. The maximum absolute atomic E-state index is 12.3. The van der Waals surface area contributed by atoms with Crippen molar-refractivity contribution >= 4 is 21.6 Å². The lowest BCUT2D eigenvalue weighted by Crippen LogP contribution is -2.61. The smallest absolute Gasteiger partial charge is 0.242 e. The van der Waals surface area contributed by atoms with Crippen LogP contribution in [0.1, 0.15) is 25.8 Å². The Hall–Kier alpha value is -0.620. The van der Waals surface area contributed by atoms with Crippen molar-refractivity contribution in [3.05, 3.63) is 28.8 Å². The van der Waals surface area contributed by atoms with E-state index in [2.05, 4.69) is 4.72 Å². The van der Waals surface area contributed by atoms with Gasteiger partial charge in [-0.1, -0.05) is 31.5 Å². The van der Waals surface area contributed by atoms with Crippen LogP contribution in [-0.2, 0) is 10.0 Å². The van der Waals surface area contributed by atoms with Crippen LogP contribution in [0.3, 0.4) is 0 Å². The van der Waals surface area contributed by atoms with Gasteiger partial charge in [-0.05, 0) is 31.0 Å². The third-order valence-electron chi connectivity index (χ3n) is 3.89. The summed E-state index contributed by atoms with van der Waals surface area (Å²) in [7, 11) is -3.66. The molecule has 1 aromatic rings. The highest BCUT2D eigenvalue weighted by atomic mass is 35.5. The summed E-state index contributed by atoms with van der Waals surface area (Å²) in [5.41, 5.74) is 0.452. The van der Waals surface area contributed by atoms with Crippen molar-refractivity contribution < 1.29 is 13.5 Å². The molecule has 0 aliphatic heterocycles. The molecule has 1 aromatic carbocycles. The van der Waals surface area contributed by atoms with Gasteiger partial charge < -0.3 is 5.11 Å². The number of halogens is 1. The minimum Gasteiger partial charge on any atom is -0.392 e. The van der Waals surface area contributed by atoms with Crippen molar-refractivity contribution in [2.75, 3.05) is 0 Å². The van der Waals surface area contributed by atoms with E-state index in [-0.39, 0.29) is 16.0 Å². The second-order valence-corrected chi connectivity index (χ2v) is 7.77. The number of nitrogens with one attached hydrogen (secondary N) is 1. The van der Waals surface area contributed by atoms with Crippen molar-refractivity contribution in [2.45, 2.75) is 44.2 Å². The molecule has 1 aliphatic carbocycles. The van der Waals surface area contributed by atoms with Gasteiger partial charge in [0.2, 0.25) is 10.0 Å². The van der Waals surface area contributed by atoms with E-state index in [4.69, 9.17) is 11.6 Å². The summed E-state index contributed by atoms with van der Waals surface area (Å²) >= 11 is 5.99. The number of rotatable bonds is 3. The van der Waals surface area contributed by atoms with Crippen LogP contribution in [0.5, 0.6) is 0 Å². The van der Waals surface area contributed by atoms with Gasteiger partial charge in [-0.25, -0.2) is 13.1 Å². The van der Waals surface area contributed by atoms with Crippen molar-refractivity contribution in [2.24, 2.45) is 5.41 Å². The zero-order chi connectivity index (χ0) is 14.4. The fourth-order valence-electron chi connectivity index (χ4n) is 2.18. The van der Waals surface area contributed by atoms with Crippen molar-refractivity contribution in [3.8, 4) is 0 Å². The first-order valence-electron chi connectivity index (χ1n) is 6.11. The molecular weight excluding hydrogens is 286 g/mol. The van der Waals surface area contributed by atoms with Gasteiger partial charge >= 0.3 is 0 Å². The normalized spacial score (nSPS) is 25.9. The first-order chi connectivity index (χ1) is 8.64. The standard InChI is InChI=1S/C13H18ClNO3S/c1-8-4-5-10(9(14)6-8)19(17,18)15-11-7-12(16)13(11,2)3/h4-6,11-12,15-16H,7H2,1-3H3. The molecule has 4 nitrogen and oxygen atoms in total. The van der Waals surface area contributed by atoms with Gasteiger partial charge in [-0.2, -0.15) is 0 Å². The molecule has 0 radical (unpaired) electrons. The highest BCUT2D eigenvalue weighted by molar-refractivity contribution is 7.89.